The molecule has 102 valence electrons. The molecule has 4 nitrogen and oxygen atoms in total. The molecular formula is C15H20N2O2. The summed E-state index contributed by atoms with van der Waals surface area (Å²) in [6.07, 6.45) is 3.21. The zero-order chi connectivity index (χ0) is 13.7. The van der Waals surface area contributed by atoms with Crippen molar-refractivity contribution in [3.05, 3.63) is 42.2 Å². The summed E-state index contributed by atoms with van der Waals surface area (Å²) in [7, 11) is 1.54. The highest BCUT2D eigenvalue weighted by molar-refractivity contribution is 5.54. The molecule has 1 heterocycles. The van der Waals surface area contributed by atoms with E-state index >= 15 is 0 Å². The van der Waals surface area contributed by atoms with Crippen LogP contribution < -0.4 is 10.1 Å². The van der Waals surface area contributed by atoms with Crippen molar-refractivity contribution in [3.8, 4) is 11.5 Å². The van der Waals surface area contributed by atoms with Crippen molar-refractivity contribution in [1.29, 1.82) is 0 Å². The molecule has 0 atom stereocenters. The molecule has 0 amide bonds. The van der Waals surface area contributed by atoms with E-state index in [0.29, 0.717) is 5.75 Å². The smallest absolute Gasteiger partial charge is 0.160 e. The van der Waals surface area contributed by atoms with Gasteiger partial charge in [-0.25, -0.2) is 0 Å². The van der Waals surface area contributed by atoms with Crippen molar-refractivity contribution in [2.24, 2.45) is 0 Å². The summed E-state index contributed by atoms with van der Waals surface area (Å²) >= 11 is 0. The third kappa shape index (κ3) is 3.22. The van der Waals surface area contributed by atoms with Gasteiger partial charge in [-0.15, -0.1) is 0 Å². The highest BCUT2D eigenvalue weighted by atomic mass is 16.5. The molecule has 0 aliphatic heterocycles. The van der Waals surface area contributed by atoms with Gasteiger partial charge in [-0.2, -0.15) is 0 Å². The van der Waals surface area contributed by atoms with Crippen molar-refractivity contribution in [2.75, 3.05) is 12.4 Å². The van der Waals surface area contributed by atoms with Crippen LogP contribution in [0.15, 0.2) is 36.5 Å². The highest BCUT2D eigenvalue weighted by Crippen LogP contribution is 2.28. The van der Waals surface area contributed by atoms with E-state index in [9.17, 15) is 5.11 Å². The molecular weight excluding hydrogens is 240 g/mol. The van der Waals surface area contributed by atoms with Crippen molar-refractivity contribution >= 4 is 5.69 Å². The fourth-order valence-corrected chi connectivity index (χ4v) is 2.06. The average molecular weight is 260 g/mol. The number of hydrogen-bond acceptors (Lipinski definition) is 3. The van der Waals surface area contributed by atoms with E-state index < -0.39 is 0 Å². The van der Waals surface area contributed by atoms with Gasteiger partial charge in [0, 0.05) is 30.2 Å². The number of anilines is 1. The van der Waals surface area contributed by atoms with Crippen LogP contribution in [0.5, 0.6) is 11.5 Å². The number of aromatic nitrogens is 1. The van der Waals surface area contributed by atoms with Crippen LogP contribution in [-0.2, 0) is 13.1 Å². The second kappa shape index (κ2) is 6.18. The summed E-state index contributed by atoms with van der Waals surface area (Å²) in [4.78, 5) is 0. The first-order valence-electron chi connectivity index (χ1n) is 6.49. The van der Waals surface area contributed by atoms with Crippen LogP contribution in [0.1, 0.15) is 19.0 Å². The summed E-state index contributed by atoms with van der Waals surface area (Å²) < 4.78 is 7.25. The number of phenols is 1. The summed E-state index contributed by atoms with van der Waals surface area (Å²) in [5.74, 6) is 0.636. The molecule has 1 aromatic carbocycles. The first-order chi connectivity index (χ1) is 9.24. The van der Waals surface area contributed by atoms with Crippen LogP contribution in [0.4, 0.5) is 5.69 Å². The van der Waals surface area contributed by atoms with Crippen LogP contribution in [0.3, 0.4) is 0 Å². The molecule has 2 N–H and O–H groups in total. The van der Waals surface area contributed by atoms with Gasteiger partial charge in [0.05, 0.1) is 13.7 Å². The molecule has 1 aromatic heterocycles. The molecule has 0 bridgehead atoms. The van der Waals surface area contributed by atoms with Gasteiger partial charge in [-0.1, -0.05) is 6.92 Å². The van der Waals surface area contributed by atoms with Gasteiger partial charge in [-0.3, -0.25) is 0 Å². The normalized spacial score (nSPS) is 10.4. The second-order valence-electron chi connectivity index (χ2n) is 4.43. The molecule has 0 aliphatic carbocycles. The van der Waals surface area contributed by atoms with Crippen molar-refractivity contribution in [1.82, 2.24) is 4.57 Å². The number of aromatic hydroxyl groups is 1. The maximum Gasteiger partial charge on any atom is 0.160 e. The molecule has 0 spiro atoms. The Morgan fingerprint density at radius 3 is 2.84 bits per heavy atom. The Kier molecular flexibility index (Phi) is 4.34. The molecule has 2 rings (SSSR count). The van der Waals surface area contributed by atoms with E-state index in [-0.39, 0.29) is 5.75 Å². The predicted octanol–water partition coefficient (Wildman–Crippen LogP) is 3.22. The minimum atomic E-state index is 0.149. The van der Waals surface area contributed by atoms with E-state index in [1.165, 1.54) is 5.69 Å². The number of nitrogens with zero attached hydrogens (tertiary/aromatic N) is 1. The largest absolute Gasteiger partial charge is 0.504 e. The molecule has 2 aromatic rings. The topological polar surface area (TPSA) is 46.4 Å². The van der Waals surface area contributed by atoms with Crippen LogP contribution in [-0.4, -0.2) is 16.8 Å². The van der Waals surface area contributed by atoms with Gasteiger partial charge in [0.2, 0.25) is 0 Å². The maximum absolute atomic E-state index is 9.72. The molecule has 0 aliphatic rings. The van der Waals surface area contributed by atoms with Gasteiger partial charge in [0.15, 0.2) is 11.5 Å². The minimum absolute atomic E-state index is 0.149. The van der Waals surface area contributed by atoms with Gasteiger partial charge < -0.3 is 19.7 Å². The van der Waals surface area contributed by atoms with Gasteiger partial charge >= 0.3 is 0 Å². The fourth-order valence-electron chi connectivity index (χ4n) is 2.06. The van der Waals surface area contributed by atoms with Crippen molar-refractivity contribution in [3.63, 3.8) is 0 Å². The molecule has 19 heavy (non-hydrogen) atoms. The summed E-state index contributed by atoms with van der Waals surface area (Å²) in [6, 6.07) is 9.48. The first-order valence-corrected chi connectivity index (χ1v) is 6.49. The number of ether oxygens (including phenoxy) is 1. The zero-order valence-electron chi connectivity index (χ0n) is 11.4. The summed E-state index contributed by atoms with van der Waals surface area (Å²) in [6.45, 7) is 3.93. The van der Waals surface area contributed by atoms with E-state index in [2.05, 4.69) is 35.1 Å². The lowest BCUT2D eigenvalue weighted by Gasteiger charge is -2.11. The highest BCUT2D eigenvalue weighted by Gasteiger charge is 2.03. The molecule has 0 radical (unpaired) electrons. The fraction of sp³-hybridized carbons (Fsp3) is 0.333. The number of benzene rings is 1. The van der Waals surface area contributed by atoms with Crippen LogP contribution >= 0.6 is 0 Å². The van der Waals surface area contributed by atoms with E-state index in [1.807, 2.05) is 6.07 Å². The summed E-state index contributed by atoms with van der Waals surface area (Å²) in [5, 5.41) is 13.0. The predicted molar refractivity (Wildman–Crippen MR) is 76.7 cm³/mol. The van der Waals surface area contributed by atoms with Gasteiger partial charge in [0.25, 0.3) is 0 Å². The Labute approximate surface area is 113 Å². The Morgan fingerprint density at radius 1 is 1.32 bits per heavy atom. The second-order valence-corrected chi connectivity index (χ2v) is 4.43. The van der Waals surface area contributed by atoms with Gasteiger partial charge in [-0.05, 0) is 30.7 Å². The molecule has 0 unspecified atom stereocenters. The Morgan fingerprint density at radius 2 is 2.16 bits per heavy atom. The SMILES string of the molecule is CCCn1cccc1CNc1ccc(OC)c(O)c1. The molecule has 0 saturated carbocycles. The number of hydrogen-bond donors (Lipinski definition) is 2. The van der Waals surface area contributed by atoms with Crippen molar-refractivity contribution < 1.29 is 9.84 Å². The number of aryl methyl sites for hydroxylation is 1. The number of methoxy groups -OCH3 is 1. The van der Waals surface area contributed by atoms with Crippen LogP contribution in [0, 0.1) is 0 Å². The quantitative estimate of drug-likeness (QED) is 0.838. The third-order valence-corrected chi connectivity index (χ3v) is 3.04. The van der Waals surface area contributed by atoms with E-state index in [1.54, 1.807) is 19.2 Å². The lowest BCUT2D eigenvalue weighted by molar-refractivity contribution is 0.373. The standard InChI is InChI=1S/C15H20N2O2/c1-3-8-17-9-4-5-13(17)11-16-12-6-7-15(19-2)14(18)10-12/h4-7,9-10,16,18H,3,8,11H2,1-2H3. The first kappa shape index (κ1) is 13.3. The third-order valence-electron chi connectivity index (χ3n) is 3.04. The molecule has 0 fully saturated rings. The van der Waals surface area contributed by atoms with Crippen LogP contribution in [0.2, 0.25) is 0 Å². The maximum atomic E-state index is 9.72. The number of rotatable bonds is 6. The Hall–Kier alpha value is -2.10. The Bertz CT molecular complexity index is 535. The van der Waals surface area contributed by atoms with Crippen molar-refractivity contribution in [2.45, 2.75) is 26.4 Å². The number of nitrogens with one attached hydrogen (secondary N) is 1. The average Bonchev–Trinajstić information content (AvgIpc) is 2.84. The van der Waals surface area contributed by atoms with E-state index in [0.717, 1.165) is 25.2 Å². The monoisotopic (exact) mass is 260 g/mol. The van der Waals surface area contributed by atoms with Crippen LogP contribution in [0.25, 0.3) is 0 Å². The number of phenolic OH excluding ortho intramolecular Hbond substituents is 1. The zero-order valence-corrected chi connectivity index (χ0v) is 11.4. The Balaban J connectivity index is 2.02. The lowest BCUT2D eigenvalue weighted by Crippen LogP contribution is -2.06. The minimum Gasteiger partial charge on any atom is -0.504 e. The molecule has 4 heteroatoms. The lowest BCUT2D eigenvalue weighted by atomic mass is 10.2. The summed E-state index contributed by atoms with van der Waals surface area (Å²) in [5.41, 5.74) is 2.11. The van der Waals surface area contributed by atoms with Gasteiger partial charge in [0.1, 0.15) is 0 Å². The molecule has 0 saturated heterocycles. The van der Waals surface area contributed by atoms with E-state index in [4.69, 9.17) is 4.74 Å².